The average Bonchev–Trinajstić information content (AvgIpc) is 2.39. The van der Waals surface area contributed by atoms with E-state index in [0.29, 0.717) is 0 Å². The second kappa shape index (κ2) is 17.5. The van der Waals surface area contributed by atoms with Gasteiger partial charge in [-0.3, -0.25) is 0 Å². The van der Waals surface area contributed by atoms with Gasteiger partial charge in [0.25, 0.3) is 0 Å². The number of hydrogen-bond acceptors (Lipinski definition) is 0. The van der Waals surface area contributed by atoms with Crippen molar-refractivity contribution in [1.82, 2.24) is 0 Å². The van der Waals surface area contributed by atoms with Crippen LogP contribution in [0.5, 0.6) is 0 Å². The van der Waals surface area contributed by atoms with E-state index in [-0.39, 0.29) is 0 Å². The van der Waals surface area contributed by atoms with Crippen LogP contribution in [0.1, 0.15) is 103 Å². The van der Waals surface area contributed by atoms with Crippen molar-refractivity contribution in [1.29, 1.82) is 0 Å². The van der Waals surface area contributed by atoms with Gasteiger partial charge >= 0.3 is 93.1 Å². The summed E-state index contributed by atoms with van der Waals surface area (Å²) in [4.78, 5) is 0. The second-order valence-corrected chi connectivity index (χ2v) is 6.88. The summed E-state index contributed by atoms with van der Waals surface area (Å²) in [6.07, 6.45) is 21.9. The molecule has 0 rings (SSSR count). The Balaban J connectivity index is 2.88. The van der Waals surface area contributed by atoms with Gasteiger partial charge in [0.1, 0.15) is 0 Å². The Kier molecular flexibility index (Phi) is 18.0. The van der Waals surface area contributed by atoms with E-state index < -0.39 is 0 Å². The van der Waals surface area contributed by atoms with Gasteiger partial charge in [-0.2, -0.15) is 0 Å². The Bertz CT molecular complexity index is 154. The molecule has 0 aromatic rings. The average molecular weight is 304 g/mol. The fourth-order valence-electron chi connectivity index (χ4n) is 2.48. The standard InChI is InChI=1S/C17H34.Zn/c1-3-5-7-9-11-13-15-17-16-14-12-10-8-6-4-2;/h1H,3-17H2,2H3;. The molecule has 1 heteroatoms. The monoisotopic (exact) mass is 302 g/mol. The molecule has 0 atom stereocenters. The van der Waals surface area contributed by atoms with Gasteiger partial charge in [-0.25, -0.2) is 0 Å². The molecule has 0 radical (unpaired) electrons. The topological polar surface area (TPSA) is 0 Å². The molecule has 0 aliphatic heterocycles. The summed E-state index contributed by atoms with van der Waals surface area (Å²) in [7, 11) is 0. The molecule has 0 aliphatic rings. The van der Waals surface area contributed by atoms with Gasteiger partial charge in [0, 0.05) is 0 Å². The summed E-state index contributed by atoms with van der Waals surface area (Å²) in [5.74, 6) is 0. The zero-order valence-corrected chi connectivity index (χ0v) is 15.9. The van der Waals surface area contributed by atoms with Crippen molar-refractivity contribution in [3.63, 3.8) is 0 Å². The molecule has 0 unspecified atom stereocenters. The van der Waals surface area contributed by atoms with Crippen LogP contribution in [-0.4, -0.2) is 4.61 Å². The first-order valence-corrected chi connectivity index (χ1v) is 10.2. The van der Waals surface area contributed by atoms with Gasteiger partial charge in [0.2, 0.25) is 0 Å². The van der Waals surface area contributed by atoms with Crippen molar-refractivity contribution in [3.05, 3.63) is 0 Å². The molecule has 0 aromatic carbocycles. The fraction of sp³-hybridized carbons (Fsp3) is 0.941. The molecule has 0 N–H and O–H groups in total. The van der Waals surface area contributed by atoms with Gasteiger partial charge in [0.05, 0.1) is 0 Å². The molecule has 0 fully saturated rings. The van der Waals surface area contributed by atoms with Crippen LogP contribution in [0.3, 0.4) is 0 Å². The summed E-state index contributed by atoms with van der Waals surface area (Å²) in [5.41, 5.74) is 0. The van der Waals surface area contributed by atoms with E-state index in [9.17, 15) is 0 Å². The minimum absolute atomic E-state index is 1.37. The Hall–Kier alpha value is 0.493. The summed E-state index contributed by atoms with van der Waals surface area (Å²) in [5, 5.41) is 0. The normalized spacial score (nSPS) is 10.8. The van der Waals surface area contributed by atoms with Crippen LogP contribution in [0.25, 0.3) is 0 Å². The summed E-state index contributed by atoms with van der Waals surface area (Å²) >= 11 is 1.37. The van der Waals surface area contributed by atoms with E-state index in [4.69, 9.17) is 0 Å². The van der Waals surface area contributed by atoms with E-state index in [0.717, 1.165) is 0 Å². The van der Waals surface area contributed by atoms with Crippen molar-refractivity contribution >= 4 is 4.61 Å². The Morgan fingerprint density at radius 3 is 1.22 bits per heavy atom. The molecule has 0 amide bonds. The van der Waals surface area contributed by atoms with Crippen LogP contribution in [0.15, 0.2) is 0 Å². The minimum atomic E-state index is 1.37. The predicted molar refractivity (Wildman–Crippen MR) is 81.0 cm³/mol. The summed E-state index contributed by atoms with van der Waals surface area (Å²) < 4.78 is 2.42. The summed E-state index contributed by atoms with van der Waals surface area (Å²) in [6.45, 7) is 2.29. The first-order chi connectivity index (χ1) is 8.91. The first kappa shape index (κ1) is 18.5. The van der Waals surface area contributed by atoms with Crippen molar-refractivity contribution in [2.24, 2.45) is 0 Å². The maximum atomic E-state index is 2.42. The van der Waals surface area contributed by atoms with Gasteiger partial charge in [-0.05, 0) is 0 Å². The molecule has 0 spiro atoms. The Morgan fingerprint density at radius 1 is 0.556 bits per heavy atom. The van der Waals surface area contributed by atoms with Crippen LogP contribution < -0.4 is 0 Å². The van der Waals surface area contributed by atoms with Crippen molar-refractivity contribution in [2.75, 3.05) is 0 Å². The van der Waals surface area contributed by atoms with Crippen LogP contribution in [-0.2, 0) is 17.9 Å². The molecular weight excluding hydrogens is 270 g/mol. The van der Waals surface area contributed by atoms with E-state index in [2.05, 4.69) is 11.5 Å². The maximum absolute atomic E-state index is 2.42. The molecule has 0 aliphatic carbocycles. The van der Waals surface area contributed by atoms with Gasteiger partial charge < -0.3 is 0 Å². The van der Waals surface area contributed by atoms with E-state index in [1.54, 1.807) is 0 Å². The molecule has 0 saturated carbocycles. The number of rotatable bonds is 15. The Morgan fingerprint density at radius 2 is 0.889 bits per heavy atom. The quantitative estimate of drug-likeness (QED) is 0.249. The molecule has 0 nitrogen and oxygen atoms in total. The third-order valence-corrected chi connectivity index (χ3v) is 4.62. The Labute approximate surface area is 126 Å². The second-order valence-electron chi connectivity index (χ2n) is 5.67. The van der Waals surface area contributed by atoms with E-state index in [1.807, 2.05) is 0 Å². The van der Waals surface area contributed by atoms with Crippen LogP contribution in [0.2, 0.25) is 0 Å². The van der Waals surface area contributed by atoms with Gasteiger partial charge in [0.15, 0.2) is 0 Å². The third-order valence-electron chi connectivity index (χ3n) is 3.76. The molecule has 104 valence electrons. The van der Waals surface area contributed by atoms with E-state index in [1.165, 1.54) is 114 Å². The van der Waals surface area contributed by atoms with Gasteiger partial charge in [-0.1, -0.05) is 32.6 Å². The van der Waals surface area contributed by atoms with Crippen LogP contribution in [0.4, 0.5) is 0 Å². The third kappa shape index (κ3) is 16.5. The van der Waals surface area contributed by atoms with Crippen molar-refractivity contribution in [3.8, 4) is 0 Å². The predicted octanol–water partition coefficient (Wildman–Crippen LogP) is 6.21. The fourth-order valence-corrected chi connectivity index (χ4v) is 3.09. The van der Waals surface area contributed by atoms with Crippen molar-refractivity contribution < 1.29 is 17.9 Å². The molecule has 0 saturated heterocycles. The van der Waals surface area contributed by atoms with Crippen LogP contribution in [0, 0.1) is 0 Å². The molecule has 0 bridgehead atoms. The molecular formula is C17H34Zn. The molecule has 18 heavy (non-hydrogen) atoms. The zero-order chi connectivity index (χ0) is 13.3. The first-order valence-electron chi connectivity index (χ1n) is 8.52. The van der Waals surface area contributed by atoms with Crippen molar-refractivity contribution in [2.45, 2.75) is 103 Å². The van der Waals surface area contributed by atoms with Gasteiger partial charge in [-0.15, -0.1) is 0 Å². The molecule has 0 heterocycles. The van der Waals surface area contributed by atoms with Crippen LogP contribution >= 0.6 is 0 Å². The molecule has 0 aromatic heterocycles. The summed E-state index contributed by atoms with van der Waals surface area (Å²) in [6, 6.07) is 0. The van der Waals surface area contributed by atoms with E-state index >= 15 is 0 Å². The number of unbranched alkanes of at least 4 members (excludes halogenated alkanes) is 14. The SMILES string of the molecule is CCCCCCCCCCCCCCCC[CH]=[Zn]. The zero-order valence-electron chi connectivity index (χ0n) is 12.9. The number of hydrogen-bond donors (Lipinski definition) is 0.